The third-order valence-electron chi connectivity index (χ3n) is 6.74. The molecule has 0 amide bonds. The lowest BCUT2D eigenvalue weighted by atomic mass is 9.75. The molecule has 1 aliphatic heterocycles. The number of anilines is 1. The van der Waals surface area contributed by atoms with Gasteiger partial charge in [-0.1, -0.05) is 27.2 Å². The summed E-state index contributed by atoms with van der Waals surface area (Å²) in [5.74, 6) is 2.91. The lowest BCUT2D eigenvalue weighted by Gasteiger charge is -2.39. The molecule has 1 aromatic rings. The van der Waals surface area contributed by atoms with E-state index in [1.807, 2.05) is 12.1 Å². The number of rotatable bonds is 8. The van der Waals surface area contributed by atoms with Crippen LogP contribution in [0.5, 0.6) is 5.75 Å². The SMILES string of the molecule is COc1ccc(N2CCN(C[C@H](O)CO[C@@H]3C[C@@H](C)CC[C@H]3C(C)C)CC2)cc1. The summed E-state index contributed by atoms with van der Waals surface area (Å²) in [7, 11) is 1.70. The van der Waals surface area contributed by atoms with Crippen LogP contribution in [0, 0.1) is 17.8 Å². The largest absolute Gasteiger partial charge is 0.497 e. The quantitative estimate of drug-likeness (QED) is 0.716. The fourth-order valence-corrected chi connectivity index (χ4v) is 4.87. The third kappa shape index (κ3) is 6.34. The highest BCUT2D eigenvalue weighted by atomic mass is 16.5. The van der Waals surface area contributed by atoms with Crippen molar-refractivity contribution < 1.29 is 14.6 Å². The van der Waals surface area contributed by atoms with Gasteiger partial charge in [-0.3, -0.25) is 4.90 Å². The standard InChI is InChI=1S/C24H40N2O3/c1-18(2)23-10-5-19(3)15-24(23)29-17-21(27)16-25-11-13-26(14-12-25)20-6-8-22(28-4)9-7-20/h6-9,18-19,21,23-24,27H,5,10-17H2,1-4H3/t19-,21-,23-,24+/m0/s1. The minimum Gasteiger partial charge on any atom is -0.497 e. The third-order valence-corrected chi connectivity index (χ3v) is 6.74. The smallest absolute Gasteiger partial charge is 0.119 e. The van der Waals surface area contributed by atoms with Gasteiger partial charge in [-0.25, -0.2) is 0 Å². The Kier molecular flexibility index (Phi) is 8.22. The average molecular weight is 405 g/mol. The highest BCUT2D eigenvalue weighted by Crippen LogP contribution is 2.35. The zero-order chi connectivity index (χ0) is 20.8. The Labute approximate surface area is 177 Å². The Hall–Kier alpha value is -1.30. The first-order valence-corrected chi connectivity index (χ1v) is 11.4. The predicted octanol–water partition coefficient (Wildman–Crippen LogP) is 3.66. The molecule has 1 aliphatic carbocycles. The van der Waals surface area contributed by atoms with Crippen LogP contribution >= 0.6 is 0 Å². The van der Waals surface area contributed by atoms with Gasteiger partial charge in [0.25, 0.3) is 0 Å². The molecule has 0 unspecified atom stereocenters. The molecule has 2 fully saturated rings. The monoisotopic (exact) mass is 404 g/mol. The summed E-state index contributed by atoms with van der Waals surface area (Å²) >= 11 is 0. The first-order valence-electron chi connectivity index (χ1n) is 11.4. The molecular weight excluding hydrogens is 364 g/mol. The van der Waals surface area contributed by atoms with E-state index < -0.39 is 6.10 Å². The zero-order valence-corrected chi connectivity index (χ0v) is 18.7. The maximum absolute atomic E-state index is 10.6. The summed E-state index contributed by atoms with van der Waals surface area (Å²) in [5.41, 5.74) is 1.24. The maximum Gasteiger partial charge on any atom is 0.119 e. The van der Waals surface area contributed by atoms with Crippen LogP contribution in [-0.2, 0) is 4.74 Å². The number of β-amino-alcohol motifs (C(OH)–C–C–N with tert-alkyl or cyclic N) is 1. The molecule has 1 aromatic carbocycles. The summed E-state index contributed by atoms with van der Waals surface area (Å²) in [6.45, 7) is 12.0. The summed E-state index contributed by atoms with van der Waals surface area (Å²) in [6, 6.07) is 8.26. The maximum atomic E-state index is 10.6. The number of methoxy groups -OCH3 is 1. The van der Waals surface area contributed by atoms with Gasteiger partial charge in [0.05, 0.1) is 25.9 Å². The molecule has 1 saturated heterocycles. The van der Waals surface area contributed by atoms with Crippen LogP contribution in [0.4, 0.5) is 5.69 Å². The molecule has 0 radical (unpaired) electrons. The van der Waals surface area contributed by atoms with Crippen molar-refractivity contribution in [2.75, 3.05) is 51.3 Å². The minimum atomic E-state index is -0.410. The van der Waals surface area contributed by atoms with Gasteiger partial charge in [-0.2, -0.15) is 0 Å². The highest BCUT2D eigenvalue weighted by Gasteiger charge is 2.32. The first-order chi connectivity index (χ1) is 14.0. The molecule has 4 atom stereocenters. The number of benzene rings is 1. The topological polar surface area (TPSA) is 45.2 Å². The number of hydrogen-bond acceptors (Lipinski definition) is 5. The Morgan fingerprint density at radius 3 is 2.38 bits per heavy atom. The van der Waals surface area contributed by atoms with Crippen LogP contribution in [0.15, 0.2) is 24.3 Å². The normalized spacial score (nSPS) is 27.2. The van der Waals surface area contributed by atoms with E-state index >= 15 is 0 Å². The first kappa shape index (κ1) is 22.4. The number of aliphatic hydroxyl groups excluding tert-OH is 1. The second-order valence-corrected chi connectivity index (χ2v) is 9.34. The second-order valence-electron chi connectivity index (χ2n) is 9.34. The molecule has 1 heterocycles. The van der Waals surface area contributed by atoms with Crippen molar-refractivity contribution in [3.8, 4) is 5.75 Å². The second kappa shape index (κ2) is 10.6. The Balaban J connectivity index is 1.40. The predicted molar refractivity (Wildman–Crippen MR) is 119 cm³/mol. The van der Waals surface area contributed by atoms with Crippen molar-refractivity contribution in [2.45, 2.75) is 52.2 Å². The molecule has 0 spiro atoms. The van der Waals surface area contributed by atoms with Gasteiger partial charge in [0.1, 0.15) is 5.75 Å². The van der Waals surface area contributed by atoms with E-state index in [0.717, 1.165) is 44.3 Å². The summed E-state index contributed by atoms with van der Waals surface area (Å²) in [4.78, 5) is 4.76. The van der Waals surface area contributed by atoms with Crippen LogP contribution < -0.4 is 9.64 Å². The van der Waals surface area contributed by atoms with E-state index in [-0.39, 0.29) is 0 Å². The zero-order valence-electron chi connectivity index (χ0n) is 18.7. The summed E-state index contributed by atoms with van der Waals surface area (Å²) < 4.78 is 11.5. The van der Waals surface area contributed by atoms with Crippen LogP contribution in [0.2, 0.25) is 0 Å². The fourth-order valence-electron chi connectivity index (χ4n) is 4.87. The van der Waals surface area contributed by atoms with Crippen molar-refractivity contribution >= 4 is 5.69 Å². The van der Waals surface area contributed by atoms with Crippen molar-refractivity contribution in [3.63, 3.8) is 0 Å². The lowest BCUT2D eigenvalue weighted by Crippen LogP contribution is -2.49. The van der Waals surface area contributed by atoms with Gasteiger partial charge in [-0.15, -0.1) is 0 Å². The molecule has 5 heteroatoms. The van der Waals surface area contributed by atoms with Crippen LogP contribution in [-0.4, -0.2) is 68.7 Å². The van der Waals surface area contributed by atoms with Crippen LogP contribution in [0.25, 0.3) is 0 Å². The molecule has 164 valence electrons. The number of nitrogens with zero attached hydrogens (tertiary/aromatic N) is 2. The number of aliphatic hydroxyl groups is 1. The van der Waals surface area contributed by atoms with Gasteiger partial charge in [0.15, 0.2) is 0 Å². The molecule has 1 N–H and O–H groups in total. The number of piperazine rings is 1. The van der Waals surface area contributed by atoms with Crippen molar-refractivity contribution in [3.05, 3.63) is 24.3 Å². The van der Waals surface area contributed by atoms with E-state index in [2.05, 4.69) is 42.7 Å². The molecule has 0 aromatic heterocycles. The van der Waals surface area contributed by atoms with Gasteiger partial charge in [-0.05, 0) is 54.9 Å². The van der Waals surface area contributed by atoms with Crippen molar-refractivity contribution in [1.82, 2.24) is 4.90 Å². The van der Waals surface area contributed by atoms with E-state index in [4.69, 9.17) is 9.47 Å². The van der Waals surface area contributed by atoms with E-state index in [1.165, 1.54) is 18.5 Å². The van der Waals surface area contributed by atoms with E-state index in [9.17, 15) is 5.11 Å². The molecule has 3 rings (SSSR count). The van der Waals surface area contributed by atoms with Gasteiger partial charge in [0, 0.05) is 38.4 Å². The molecule has 2 aliphatic rings. The highest BCUT2D eigenvalue weighted by molar-refractivity contribution is 5.49. The molecular formula is C24H40N2O3. The van der Waals surface area contributed by atoms with Crippen molar-refractivity contribution in [1.29, 1.82) is 0 Å². The average Bonchev–Trinajstić information content (AvgIpc) is 2.73. The fraction of sp³-hybridized carbons (Fsp3) is 0.750. The van der Waals surface area contributed by atoms with Crippen LogP contribution in [0.1, 0.15) is 40.0 Å². The Morgan fingerprint density at radius 1 is 1.07 bits per heavy atom. The number of ether oxygens (including phenoxy) is 2. The van der Waals surface area contributed by atoms with E-state index in [0.29, 0.717) is 31.1 Å². The van der Waals surface area contributed by atoms with Crippen LogP contribution in [0.3, 0.4) is 0 Å². The summed E-state index contributed by atoms with van der Waals surface area (Å²) in [6.07, 6.45) is 3.60. The summed E-state index contributed by atoms with van der Waals surface area (Å²) in [5, 5.41) is 10.6. The Bertz CT molecular complexity index is 599. The van der Waals surface area contributed by atoms with E-state index in [1.54, 1.807) is 7.11 Å². The molecule has 1 saturated carbocycles. The molecule has 0 bridgehead atoms. The molecule has 29 heavy (non-hydrogen) atoms. The van der Waals surface area contributed by atoms with Crippen molar-refractivity contribution in [2.24, 2.45) is 17.8 Å². The lowest BCUT2D eigenvalue weighted by molar-refractivity contribution is -0.0740. The van der Waals surface area contributed by atoms with Gasteiger partial charge >= 0.3 is 0 Å². The van der Waals surface area contributed by atoms with Gasteiger partial charge < -0.3 is 19.5 Å². The van der Waals surface area contributed by atoms with Gasteiger partial charge in [0.2, 0.25) is 0 Å². The molecule has 5 nitrogen and oxygen atoms in total. The minimum absolute atomic E-state index is 0.306. The number of hydrogen-bond donors (Lipinski definition) is 1. The Morgan fingerprint density at radius 2 is 1.76 bits per heavy atom.